The van der Waals surface area contributed by atoms with E-state index in [4.69, 9.17) is 4.74 Å². The van der Waals surface area contributed by atoms with E-state index in [9.17, 15) is 9.18 Å². The first-order valence-electron chi connectivity index (χ1n) is 6.12. The van der Waals surface area contributed by atoms with Crippen LogP contribution < -0.4 is 4.74 Å². The molecule has 0 bridgehead atoms. The maximum absolute atomic E-state index is 13.0. The van der Waals surface area contributed by atoms with E-state index in [0.717, 1.165) is 10.4 Å². The molecule has 1 aromatic carbocycles. The van der Waals surface area contributed by atoms with E-state index in [2.05, 4.69) is 0 Å². The number of ketones is 1. The Labute approximate surface area is 115 Å². The van der Waals surface area contributed by atoms with Gasteiger partial charge in [-0.3, -0.25) is 4.79 Å². The molecule has 0 aliphatic heterocycles. The van der Waals surface area contributed by atoms with Gasteiger partial charge in [-0.25, -0.2) is 4.39 Å². The van der Waals surface area contributed by atoms with E-state index < -0.39 is 0 Å². The minimum absolute atomic E-state index is 0.134. The first-order valence-corrected chi connectivity index (χ1v) is 7.00. The Morgan fingerprint density at radius 1 is 1.37 bits per heavy atom. The summed E-state index contributed by atoms with van der Waals surface area (Å²) in [4.78, 5) is 12.5. The summed E-state index contributed by atoms with van der Waals surface area (Å²) in [6, 6.07) is 8.15. The molecule has 0 saturated carbocycles. The number of carbonyl (C=O) groups is 1. The molecule has 0 aliphatic rings. The van der Waals surface area contributed by atoms with Crippen LogP contribution in [-0.2, 0) is 0 Å². The van der Waals surface area contributed by atoms with Gasteiger partial charge in [0.25, 0.3) is 0 Å². The van der Waals surface area contributed by atoms with Crippen molar-refractivity contribution in [1.82, 2.24) is 0 Å². The number of carbonyl (C=O) groups excluding carboxylic acids is 1. The maximum Gasteiger partial charge on any atom is 0.172 e. The summed E-state index contributed by atoms with van der Waals surface area (Å²) in [5.41, 5.74) is 0.894. The Hall–Kier alpha value is -1.68. The molecule has 1 heterocycles. The highest BCUT2D eigenvalue weighted by molar-refractivity contribution is 7.12. The molecule has 1 aromatic heterocycles. The van der Waals surface area contributed by atoms with Gasteiger partial charge >= 0.3 is 0 Å². The smallest absolute Gasteiger partial charge is 0.172 e. The first kappa shape index (κ1) is 13.7. The summed E-state index contributed by atoms with van der Waals surface area (Å²) in [5, 5.41) is 1.89. The van der Waals surface area contributed by atoms with Crippen LogP contribution in [0, 0.1) is 12.7 Å². The summed E-state index contributed by atoms with van der Waals surface area (Å²) in [6.45, 7) is 2.28. The van der Waals surface area contributed by atoms with Crippen LogP contribution in [0.4, 0.5) is 4.39 Å². The van der Waals surface area contributed by atoms with E-state index in [0.29, 0.717) is 25.2 Å². The lowest BCUT2D eigenvalue weighted by Crippen LogP contribution is -2.03. The number of aryl methyl sites for hydroxylation is 1. The average molecular weight is 278 g/mol. The van der Waals surface area contributed by atoms with Crippen LogP contribution in [0.1, 0.15) is 28.1 Å². The molecule has 0 spiro atoms. The molecule has 0 aliphatic carbocycles. The minimum atomic E-state index is -0.310. The van der Waals surface area contributed by atoms with Crippen LogP contribution >= 0.6 is 11.3 Å². The molecule has 2 aromatic rings. The van der Waals surface area contributed by atoms with E-state index >= 15 is 0 Å². The molecular formula is C15H15FO2S. The zero-order valence-corrected chi connectivity index (χ0v) is 11.5. The largest absolute Gasteiger partial charge is 0.493 e. The lowest BCUT2D eigenvalue weighted by Gasteiger charge is -2.08. The molecule has 0 saturated heterocycles. The van der Waals surface area contributed by atoms with Gasteiger partial charge in [0.15, 0.2) is 5.78 Å². The molecular weight excluding hydrogens is 263 g/mol. The second-order valence-electron chi connectivity index (χ2n) is 4.26. The van der Waals surface area contributed by atoms with Crippen molar-refractivity contribution in [2.75, 3.05) is 6.61 Å². The fraction of sp³-hybridized carbons (Fsp3) is 0.267. The summed E-state index contributed by atoms with van der Waals surface area (Å²) >= 11 is 1.45. The quantitative estimate of drug-likeness (QED) is 0.583. The van der Waals surface area contributed by atoms with Gasteiger partial charge in [0.2, 0.25) is 0 Å². The van der Waals surface area contributed by atoms with Gasteiger partial charge in [0.1, 0.15) is 11.6 Å². The number of hydrogen-bond acceptors (Lipinski definition) is 3. The lowest BCUT2D eigenvalue weighted by atomic mass is 10.2. The third kappa shape index (κ3) is 3.89. The summed E-state index contributed by atoms with van der Waals surface area (Å²) < 4.78 is 18.5. The number of rotatable bonds is 6. The third-order valence-corrected chi connectivity index (χ3v) is 3.66. The van der Waals surface area contributed by atoms with Gasteiger partial charge in [0.05, 0.1) is 11.5 Å². The molecule has 0 radical (unpaired) electrons. The second kappa shape index (κ2) is 6.48. The number of thiophene rings is 1. The van der Waals surface area contributed by atoms with Crippen molar-refractivity contribution in [2.24, 2.45) is 0 Å². The van der Waals surface area contributed by atoms with Gasteiger partial charge in [-0.1, -0.05) is 12.1 Å². The fourth-order valence-electron chi connectivity index (χ4n) is 1.70. The molecule has 100 valence electrons. The zero-order valence-electron chi connectivity index (χ0n) is 10.7. The summed E-state index contributed by atoms with van der Waals surface area (Å²) in [6.07, 6.45) is 1.08. The molecule has 0 fully saturated rings. The Balaban J connectivity index is 1.78. The number of ether oxygens (including phenoxy) is 1. The number of hydrogen-bond donors (Lipinski definition) is 0. The highest BCUT2D eigenvalue weighted by Crippen LogP contribution is 2.19. The number of halogens is 1. The monoisotopic (exact) mass is 278 g/mol. The summed E-state index contributed by atoms with van der Waals surface area (Å²) in [7, 11) is 0. The van der Waals surface area contributed by atoms with Crippen LogP contribution in [0.3, 0.4) is 0 Å². The molecule has 0 N–H and O–H groups in total. The Morgan fingerprint density at radius 2 is 2.21 bits per heavy atom. The van der Waals surface area contributed by atoms with Gasteiger partial charge in [-0.05, 0) is 36.4 Å². The number of benzene rings is 1. The summed E-state index contributed by atoms with van der Waals surface area (Å²) in [5.74, 6) is 0.369. The first-order chi connectivity index (χ1) is 9.16. The van der Waals surface area contributed by atoms with Crippen LogP contribution in [0.2, 0.25) is 0 Å². The lowest BCUT2D eigenvalue weighted by molar-refractivity contribution is 0.0977. The van der Waals surface area contributed by atoms with Crippen LogP contribution in [0.15, 0.2) is 35.7 Å². The molecule has 0 amide bonds. The Morgan fingerprint density at radius 3 is 2.95 bits per heavy atom. The standard InChI is InChI=1S/C15H15FO2S/c1-11-6-7-12(16)10-14(11)18-8-2-4-13(17)15-5-3-9-19-15/h3,5-7,9-10H,2,4,8H2,1H3. The van der Waals surface area contributed by atoms with Crippen molar-refractivity contribution in [1.29, 1.82) is 0 Å². The predicted molar refractivity (Wildman–Crippen MR) is 74.5 cm³/mol. The van der Waals surface area contributed by atoms with Crippen molar-refractivity contribution >= 4 is 17.1 Å². The predicted octanol–water partition coefficient (Wildman–Crippen LogP) is 4.24. The Bertz CT molecular complexity index is 549. The topological polar surface area (TPSA) is 26.3 Å². The highest BCUT2D eigenvalue weighted by atomic mass is 32.1. The van der Waals surface area contributed by atoms with Crippen LogP contribution in [-0.4, -0.2) is 12.4 Å². The SMILES string of the molecule is Cc1ccc(F)cc1OCCCC(=O)c1cccs1. The highest BCUT2D eigenvalue weighted by Gasteiger charge is 2.07. The number of Topliss-reactive ketones (excluding diaryl/α,β-unsaturated/α-hetero) is 1. The average Bonchev–Trinajstić information content (AvgIpc) is 2.92. The van der Waals surface area contributed by atoms with Crippen molar-refractivity contribution < 1.29 is 13.9 Å². The fourth-order valence-corrected chi connectivity index (χ4v) is 2.40. The molecule has 0 atom stereocenters. The van der Waals surface area contributed by atoms with Gasteiger partial charge < -0.3 is 4.74 Å². The third-order valence-electron chi connectivity index (χ3n) is 2.75. The molecule has 2 nitrogen and oxygen atoms in total. The van der Waals surface area contributed by atoms with Crippen molar-refractivity contribution in [3.63, 3.8) is 0 Å². The van der Waals surface area contributed by atoms with Gasteiger partial charge in [0, 0.05) is 12.5 Å². The molecule has 0 unspecified atom stereocenters. The van der Waals surface area contributed by atoms with Gasteiger partial charge in [-0.15, -0.1) is 11.3 Å². The minimum Gasteiger partial charge on any atom is -0.493 e. The normalized spacial score (nSPS) is 10.4. The van der Waals surface area contributed by atoms with E-state index in [1.54, 1.807) is 6.07 Å². The van der Waals surface area contributed by atoms with E-state index in [1.807, 2.05) is 24.4 Å². The maximum atomic E-state index is 13.0. The van der Waals surface area contributed by atoms with E-state index in [1.165, 1.54) is 23.5 Å². The van der Waals surface area contributed by atoms with Gasteiger partial charge in [-0.2, -0.15) is 0 Å². The van der Waals surface area contributed by atoms with Crippen LogP contribution in [0.25, 0.3) is 0 Å². The zero-order chi connectivity index (χ0) is 13.7. The van der Waals surface area contributed by atoms with Crippen molar-refractivity contribution in [3.8, 4) is 5.75 Å². The molecule has 19 heavy (non-hydrogen) atoms. The molecule has 2 rings (SSSR count). The van der Waals surface area contributed by atoms with E-state index in [-0.39, 0.29) is 11.6 Å². The van der Waals surface area contributed by atoms with Crippen molar-refractivity contribution in [3.05, 3.63) is 52.0 Å². The molecule has 4 heteroatoms. The second-order valence-corrected chi connectivity index (χ2v) is 5.21. The Kier molecular flexibility index (Phi) is 4.68. The van der Waals surface area contributed by atoms with Crippen molar-refractivity contribution in [2.45, 2.75) is 19.8 Å². The van der Waals surface area contributed by atoms with Crippen LogP contribution in [0.5, 0.6) is 5.75 Å².